The van der Waals surface area contributed by atoms with E-state index >= 15 is 0 Å². The Morgan fingerprint density at radius 2 is 1.93 bits per heavy atom. The Hall–Kier alpha value is -2.66. The van der Waals surface area contributed by atoms with Crippen molar-refractivity contribution >= 4 is 0 Å². The van der Waals surface area contributed by atoms with Crippen molar-refractivity contribution < 1.29 is 9.13 Å². The van der Waals surface area contributed by atoms with Crippen molar-refractivity contribution in [3.8, 4) is 17.0 Å². The van der Waals surface area contributed by atoms with Gasteiger partial charge in [-0.25, -0.2) is 9.37 Å². The molecule has 1 aromatic heterocycles. The Morgan fingerprint density at radius 3 is 2.63 bits per heavy atom. The molecule has 0 bridgehead atoms. The molecule has 0 unspecified atom stereocenters. The van der Waals surface area contributed by atoms with Gasteiger partial charge in [-0.1, -0.05) is 24.3 Å². The lowest BCUT2D eigenvalue weighted by molar-refractivity contribution is 0.123. The number of aromatic nitrogens is 2. The summed E-state index contributed by atoms with van der Waals surface area (Å²) in [5.41, 5.74) is 2.80. The maximum atomic E-state index is 13.6. The highest BCUT2D eigenvalue weighted by Gasteiger charge is 2.32. The highest BCUT2D eigenvalue weighted by atomic mass is 19.1. The molecular formula is C22H24FN3O. The normalized spacial score (nSPS) is 16.1. The van der Waals surface area contributed by atoms with E-state index in [1.807, 2.05) is 18.2 Å². The number of halogens is 1. The van der Waals surface area contributed by atoms with E-state index in [0.29, 0.717) is 0 Å². The van der Waals surface area contributed by atoms with Crippen LogP contribution in [0, 0.1) is 5.82 Å². The maximum Gasteiger partial charge on any atom is 0.124 e. The summed E-state index contributed by atoms with van der Waals surface area (Å²) in [6, 6.07) is 14.8. The van der Waals surface area contributed by atoms with Gasteiger partial charge in [-0.3, -0.25) is 4.90 Å². The fourth-order valence-electron chi connectivity index (χ4n) is 3.82. The first-order chi connectivity index (χ1) is 12.9. The van der Waals surface area contributed by atoms with Gasteiger partial charge in [-0.05, 0) is 43.7 Å². The number of nitrogens with zero attached hydrogens (tertiary/aromatic N) is 3. The van der Waals surface area contributed by atoms with Crippen LogP contribution in [-0.4, -0.2) is 28.1 Å². The van der Waals surface area contributed by atoms with Gasteiger partial charge in [0.1, 0.15) is 17.4 Å². The van der Waals surface area contributed by atoms with Crippen molar-refractivity contribution in [2.75, 3.05) is 13.7 Å². The highest BCUT2D eigenvalue weighted by molar-refractivity contribution is 5.58. The van der Waals surface area contributed by atoms with Gasteiger partial charge in [0, 0.05) is 24.8 Å². The van der Waals surface area contributed by atoms with Gasteiger partial charge in [-0.2, -0.15) is 0 Å². The first-order valence-corrected chi connectivity index (χ1v) is 9.14. The van der Waals surface area contributed by atoms with E-state index in [1.54, 1.807) is 13.2 Å². The molecule has 0 amide bonds. The number of hydrogen-bond donors (Lipinski definition) is 0. The number of ether oxygens (including phenoxy) is 1. The third kappa shape index (κ3) is 3.60. The van der Waals surface area contributed by atoms with Crippen LogP contribution in [0.15, 0.2) is 54.7 Å². The predicted molar refractivity (Wildman–Crippen MR) is 104 cm³/mol. The van der Waals surface area contributed by atoms with E-state index < -0.39 is 0 Å². The van der Waals surface area contributed by atoms with Gasteiger partial charge in [0.2, 0.25) is 0 Å². The van der Waals surface area contributed by atoms with Crippen LogP contribution in [-0.2, 0) is 18.6 Å². The molecule has 0 saturated heterocycles. The summed E-state index contributed by atoms with van der Waals surface area (Å²) in [5, 5.41) is 0. The molecule has 0 spiro atoms. The minimum Gasteiger partial charge on any atom is -0.497 e. The Bertz CT molecular complexity index is 946. The lowest BCUT2D eigenvalue weighted by Crippen LogP contribution is -2.46. The summed E-state index contributed by atoms with van der Waals surface area (Å²) in [6.07, 6.45) is 2.05. The molecule has 3 aromatic rings. The van der Waals surface area contributed by atoms with Gasteiger partial charge in [-0.15, -0.1) is 0 Å². The summed E-state index contributed by atoms with van der Waals surface area (Å²) in [7, 11) is 1.68. The van der Waals surface area contributed by atoms with Crippen molar-refractivity contribution in [3.05, 3.63) is 71.9 Å². The van der Waals surface area contributed by atoms with E-state index in [0.717, 1.165) is 42.5 Å². The quantitative estimate of drug-likeness (QED) is 0.684. The molecule has 1 aliphatic heterocycles. The largest absolute Gasteiger partial charge is 0.497 e. The van der Waals surface area contributed by atoms with Gasteiger partial charge < -0.3 is 9.30 Å². The molecule has 27 heavy (non-hydrogen) atoms. The van der Waals surface area contributed by atoms with Gasteiger partial charge in [0.25, 0.3) is 0 Å². The number of fused-ring (bicyclic) bond motifs is 1. The first kappa shape index (κ1) is 17.7. The van der Waals surface area contributed by atoms with Crippen molar-refractivity contribution in [1.82, 2.24) is 14.5 Å². The minimum absolute atomic E-state index is 0.0847. The first-order valence-electron chi connectivity index (χ1n) is 9.14. The highest BCUT2D eigenvalue weighted by Crippen LogP contribution is 2.31. The fraction of sp³-hybridized carbons (Fsp3) is 0.318. The van der Waals surface area contributed by atoms with E-state index in [9.17, 15) is 4.39 Å². The van der Waals surface area contributed by atoms with Crippen molar-refractivity contribution in [3.63, 3.8) is 0 Å². The number of hydrogen-bond acceptors (Lipinski definition) is 3. The second-order valence-corrected chi connectivity index (χ2v) is 7.73. The second kappa shape index (κ2) is 6.82. The molecule has 0 fully saturated rings. The molecule has 5 heteroatoms. The van der Waals surface area contributed by atoms with Crippen LogP contribution < -0.4 is 4.74 Å². The van der Waals surface area contributed by atoms with Crippen molar-refractivity contribution in [2.24, 2.45) is 0 Å². The number of methoxy groups -OCH3 is 1. The third-order valence-electron chi connectivity index (χ3n) is 5.09. The number of benzene rings is 2. The van der Waals surface area contributed by atoms with E-state index in [1.165, 1.54) is 17.7 Å². The van der Waals surface area contributed by atoms with E-state index in [4.69, 9.17) is 9.72 Å². The summed E-state index contributed by atoms with van der Waals surface area (Å²) in [4.78, 5) is 7.21. The molecule has 0 atom stereocenters. The van der Waals surface area contributed by atoms with Crippen LogP contribution in [0.1, 0.15) is 25.2 Å². The Balaban J connectivity index is 1.59. The zero-order valence-corrected chi connectivity index (χ0v) is 15.9. The third-order valence-corrected chi connectivity index (χ3v) is 5.09. The average Bonchev–Trinajstić information content (AvgIpc) is 3.07. The maximum absolute atomic E-state index is 13.6. The topological polar surface area (TPSA) is 30.3 Å². The summed E-state index contributed by atoms with van der Waals surface area (Å²) in [6.45, 7) is 6.98. The molecular weight excluding hydrogens is 341 g/mol. The second-order valence-electron chi connectivity index (χ2n) is 7.73. The standard InChI is InChI=1S/C22H24FN3O/c1-22(2)15-25(12-16-7-9-19(27-3)10-8-16)14-21-24-20(13-26(21)22)17-5-4-6-18(23)11-17/h4-11,13H,12,14-15H2,1-3H3. The van der Waals surface area contributed by atoms with Crippen molar-refractivity contribution in [1.29, 1.82) is 0 Å². The van der Waals surface area contributed by atoms with Crippen LogP contribution in [0.25, 0.3) is 11.3 Å². The van der Waals surface area contributed by atoms with Crippen LogP contribution in [0.3, 0.4) is 0 Å². The Morgan fingerprint density at radius 1 is 1.15 bits per heavy atom. The lowest BCUT2D eigenvalue weighted by atomic mass is 10.0. The molecule has 0 radical (unpaired) electrons. The van der Waals surface area contributed by atoms with Crippen LogP contribution in [0.4, 0.5) is 4.39 Å². The Kier molecular flexibility index (Phi) is 4.48. The molecule has 4 nitrogen and oxygen atoms in total. The summed E-state index contributed by atoms with van der Waals surface area (Å²) >= 11 is 0. The van der Waals surface area contributed by atoms with E-state index in [2.05, 4.69) is 41.6 Å². The zero-order valence-electron chi connectivity index (χ0n) is 15.9. The minimum atomic E-state index is -0.237. The lowest BCUT2D eigenvalue weighted by Gasteiger charge is -2.39. The Labute approximate surface area is 159 Å². The molecule has 0 aliphatic carbocycles. The van der Waals surface area contributed by atoms with Crippen LogP contribution in [0.2, 0.25) is 0 Å². The summed E-state index contributed by atoms with van der Waals surface area (Å²) < 4.78 is 21.1. The molecule has 140 valence electrons. The average molecular weight is 365 g/mol. The molecule has 1 aliphatic rings. The summed E-state index contributed by atoms with van der Waals surface area (Å²) in [5.74, 6) is 1.64. The van der Waals surface area contributed by atoms with Crippen LogP contribution >= 0.6 is 0 Å². The van der Waals surface area contributed by atoms with E-state index in [-0.39, 0.29) is 11.4 Å². The van der Waals surface area contributed by atoms with Gasteiger partial charge in [0.05, 0.1) is 24.9 Å². The monoisotopic (exact) mass is 365 g/mol. The molecule has 4 rings (SSSR count). The number of rotatable bonds is 4. The predicted octanol–water partition coefficient (Wildman–Crippen LogP) is 4.45. The smallest absolute Gasteiger partial charge is 0.124 e. The van der Waals surface area contributed by atoms with Crippen molar-refractivity contribution in [2.45, 2.75) is 32.5 Å². The molecule has 2 aromatic carbocycles. The molecule has 0 saturated carbocycles. The number of imidazole rings is 1. The fourth-order valence-corrected chi connectivity index (χ4v) is 3.82. The molecule has 2 heterocycles. The zero-order chi connectivity index (χ0) is 19.0. The van der Waals surface area contributed by atoms with Gasteiger partial charge in [0.15, 0.2) is 0 Å². The SMILES string of the molecule is COc1ccc(CN2Cc3nc(-c4cccc(F)c4)cn3C(C)(C)C2)cc1. The van der Waals surface area contributed by atoms with Gasteiger partial charge >= 0.3 is 0 Å². The van der Waals surface area contributed by atoms with Crippen LogP contribution in [0.5, 0.6) is 5.75 Å². The molecule has 0 N–H and O–H groups in total.